The second-order valence-electron chi connectivity index (χ2n) is 8.41. The number of aliphatic hydroxyl groups is 1. The van der Waals surface area contributed by atoms with Crippen molar-refractivity contribution in [3.63, 3.8) is 0 Å². The van der Waals surface area contributed by atoms with E-state index in [1.807, 2.05) is 0 Å². The van der Waals surface area contributed by atoms with Gasteiger partial charge in [0.05, 0.1) is 0 Å². The third kappa shape index (κ3) is 5.31. The lowest BCUT2D eigenvalue weighted by Gasteiger charge is -2.45. The molecule has 148 valence electrons. The number of benzene rings is 2. The van der Waals surface area contributed by atoms with Crippen LogP contribution in [-0.2, 0) is 4.43 Å². The molecule has 0 aliphatic rings. The Morgan fingerprint density at radius 3 is 1.78 bits per heavy atom. The minimum atomic E-state index is -2.52. The SMILES string of the molecule is CCCCC[C@H](CCO)O[Si](c1ccccc1)(c1ccccc1)C(C)(C)C. The van der Waals surface area contributed by atoms with Crippen LogP contribution in [0.4, 0.5) is 0 Å². The lowest BCUT2D eigenvalue weighted by molar-refractivity contribution is 0.134. The zero-order chi connectivity index (χ0) is 19.8. The first-order chi connectivity index (χ1) is 13.0. The van der Waals surface area contributed by atoms with Gasteiger partial charge in [-0.15, -0.1) is 0 Å². The van der Waals surface area contributed by atoms with Crippen molar-refractivity contribution >= 4 is 18.7 Å². The zero-order valence-electron chi connectivity index (χ0n) is 17.4. The van der Waals surface area contributed by atoms with E-state index >= 15 is 0 Å². The molecule has 0 saturated carbocycles. The van der Waals surface area contributed by atoms with Gasteiger partial charge in [0.25, 0.3) is 8.32 Å². The molecule has 2 rings (SSSR count). The van der Waals surface area contributed by atoms with Crippen molar-refractivity contribution in [3.05, 3.63) is 60.7 Å². The number of aliphatic hydroxyl groups excluding tert-OH is 1. The highest BCUT2D eigenvalue weighted by molar-refractivity contribution is 6.99. The molecule has 1 N–H and O–H groups in total. The highest BCUT2D eigenvalue weighted by atomic mass is 28.4. The molecule has 0 bridgehead atoms. The summed E-state index contributed by atoms with van der Waals surface area (Å²) >= 11 is 0. The van der Waals surface area contributed by atoms with E-state index in [1.165, 1.54) is 23.2 Å². The Morgan fingerprint density at radius 1 is 0.852 bits per heavy atom. The molecule has 2 aromatic rings. The van der Waals surface area contributed by atoms with Gasteiger partial charge in [0.2, 0.25) is 0 Å². The molecule has 0 aliphatic carbocycles. The molecule has 0 heterocycles. The van der Waals surface area contributed by atoms with Crippen molar-refractivity contribution in [2.75, 3.05) is 6.61 Å². The first-order valence-electron chi connectivity index (χ1n) is 10.4. The van der Waals surface area contributed by atoms with Crippen molar-refractivity contribution in [2.24, 2.45) is 0 Å². The van der Waals surface area contributed by atoms with Crippen molar-refractivity contribution in [2.45, 2.75) is 70.9 Å². The average molecular weight is 385 g/mol. The van der Waals surface area contributed by atoms with Crippen LogP contribution in [0.5, 0.6) is 0 Å². The van der Waals surface area contributed by atoms with Crippen molar-refractivity contribution < 1.29 is 9.53 Å². The van der Waals surface area contributed by atoms with Crippen molar-refractivity contribution in [3.8, 4) is 0 Å². The van der Waals surface area contributed by atoms with Crippen LogP contribution >= 0.6 is 0 Å². The van der Waals surface area contributed by atoms with Gasteiger partial charge in [0.15, 0.2) is 0 Å². The topological polar surface area (TPSA) is 29.5 Å². The summed E-state index contributed by atoms with van der Waals surface area (Å²) in [5.41, 5.74) is 0. The molecule has 0 amide bonds. The van der Waals surface area contributed by atoms with Gasteiger partial charge in [-0.2, -0.15) is 0 Å². The smallest absolute Gasteiger partial charge is 0.261 e. The Balaban J connectivity index is 2.53. The normalized spacial score (nSPS) is 13.5. The summed E-state index contributed by atoms with van der Waals surface area (Å²) < 4.78 is 7.14. The molecular weight excluding hydrogens is 348 g/mol. The highest BCUT2D eigenvalue weighted by Gasteiger charge is 2.51. The van der Waals surface area contributed by atoms with Crippen LogP contribution in [0.15, 0.2) is 60.7 Å². The summed E-state index contributed by atoms with van der Waals surface area (Å²) in [5.74, 6) is 0. The maximum absolute atomic E-state index is 9.67. The van der Waals surface area contributed by atoms with Crippen LogP contribution in [0.25, 0.3) is 0 Å². The van der Waals surface area contributed by atoms with E-state index in [9.17, 15) is 5.11 Å². The van der Waals surface area contributed by atoms with E-state index in [4.69, 9.17) is 4.43 Å². The van der Waals surface area contributed by atoms with Crippen molar-refractivity contribution in [1.29, 1.82) is 0 Å². The Morgan fingerprint density at radius 2 is 1.37 bits per heavy atom. The van der Waals surface area contributed by atoms with Crippen LogP contribution in [0.1, 0.15) is 59.8 Å². The predicted octanol–water partition coefficient (Wildman–Crippen LogP) is 4.89. The monoisotopic (exact) mass is 384 g/mol. The summed E-state index contributed by atoms with van der Waals surface area (Å²) in [5, 5.41) is 12.3. The second kappa shape index (κ2) is 10.2. The number of hydrogen-bond acceptors (Lipinski definition) is 2. The fourth-order valence-electron chi connectivity index (χ4n) is 3.97. The lowest BCUT2D eigenvalue weighted by Crippen LogP contribution is -2.67. The second-order valence-corrected chi connectivity index (χ2v) is 12.7. The summed E-state index contributed by atoms with van der Waals surface area (Å²) in [7, 11) is -2.52. The molecule has 2 nitrogen and oxygen atoms in total. The third-order valence-corrected chi connectivity index (χ3v) is 10.4. The molecule has 0 spiro atoms. The molecule has 0 aromatic heterocycles. The Labute approximate surface area is 166 Å². The van der Waals surface area contributed by atoms with Gasteiger partial charge in [-0.25, -0.2) is 0 Å². The molecule has 0 saturated heterocycles. The van der Waals surface area contributed by atoms with Gasteiger partial charge in [-0.1, -0.05) is 108 Å². The first kappa shape index (κ1) is 21.9. The van der Waals surface area contributed by atoms with Crippen LogP contribution in [0.2, 0.25) is 5.04 Å². The van der Waals surface area contributed by atoms with E-state index < -0.39 is 8.32 Å². The molecule has 0 fully saturated rings. The predicted molar refractivity (Wildman–Crippen MR) is 118 cm³/mol. The molecule has 27 heavy (non-hydrogen) atoms. The average Bonchev–Trinajstić information content (AvgIpc) is 2.66. The van der Waals surface area contributed by atoms with Crippen LogP contribution in [0.3, 0.4) is 0 Å². The third-order valence-electron chi connectivity index (χ3n) is 5.34. The Bertz CT molecular complexity index is 610. The molecule has 0 unspecified atom stereocenters. The maximum Gasteiger partial charge on any atom is 0.261 e. The summed E-state index contributed by atoms with van der Waals surface area (Å²) in [6, 6.07) is 21.5. The zero-order valence-corrected chi connectivity index (χ0v) is 18.4. The van der Waals surface area contributed by atoms with Gasteiger partial charge in [-0.3, -0.25) is 0 Å². The van der Waals surface area contributed by atoms with Crippen LogP contribution in [-0.4, -0.2) is 26.1 Å². The standard InChI is InChI=1S/C24H36O2Si/c1-5-6-9-14-21(19-20-25)26-27(24(2,3)4,22-15-10-7-11-16-22)23-17-12-8-13-18-23/h7-8,10-13,15-18,21,25H,5-6,9,14,19-20H2,1-4H3/t21-/m1/s1. The highest BCUT2D eigenvalue weighted by Crippen LogP contribution is 2.38. The summed E-state index contributed by atoms with van der Waals surface area (Å²) in [6.45, 7) is 9.32. The molecule has 0 aliphatic heterocycles. The minimum Gasteiger partial charge on any atom is -0.404 e. The molecule has 0 radical (unpaired) electrons. The van der Waals surface area contributed by atoms with Gasteiger partial charge in [0, 0.05) is 12.7 Å². The van der Waals surface area contributed by atoms with Gasteiger partial charge >= 0.3 is 0 Å². The Hall–Kier alpha value is -1.42. The van der Waals surface area contributed by atoms with Gasteiger partial charge in [-0.05, 0) is 28.3 Å². The summed E-state index contributed by atoms with van der Waals surface area (Å²) in [6.07, 6.45) is 5.37. The van der Waals surface area contributed by atoms with E-state index in [0.717, 1.165) is 12.8 Å². The number of rotatable bonds is 10. The number of unbranched alkanes of at least 4 members (excludes halogenated alkanes) is 2. The lowest BCUT2D eigenvalue weighted by atomic mass is 10.1. The Kier molecular flexibility index (Phi) is 8.27. The van der Waals surface area contributed by atoms with Gasteiger partial charge < -0.3 is 9.53 Å². The molecule has 2 aromatic carbocycles. The van der Waals surface area contributed by atoms with Crippen LogP contribution < -0.4 is 10.4 Å². The summed E-state index contributed by atoms with van der Waals surface area (Å²) in [4.78, 5) is 0. The minimum absolute atomic E-state index is 0.0197. The van der Waals surface area contributed by atoms with Crippen LogP contribution in [0, 0.1) is 0 Å². The first-order valence-corrected chi connectivity index (χ1v) is 12.3. The fourth-order valence-corrected chi connectivity index (χ4v) is 8.72. The van der Waals surface area contributed by atoms with Gasteiger partial charge in [0.1, 0.15) is 0 Å². The molecular formula is C24H36O2Si. The molecule has 3 heteroatoms. The van der Waals surface area contributed by atoms with Crippen molar-refractivity contribution in [1.82, 2.24) is 0 Å². The van der Waals surface area contributed by atoms with E-state index in [-0.39, 0.29) is 17.7 Å². The molecule has 1 atom stereocenters. The van der Waals surface area contributed by atoms with E-state index in [1.54, 1.807) is 0 Å². The van der Waals surface area contributed by atoms with E-state index in [2.05, 4.69) is 88.4 Å². The quantitative estimate of drug-likeness (QED) is 0.466. The number of hydrogen-bond donors (Lipinski definition) is 1. The largest absolute Gasteiger partial charge is 0.404 e. The maximum atomic E-state index is 9.67. The van der Waals surface area contributed by atoms with E-state index in [0.29, 0.717) is 6.42 Å². The fraction of sp³-hybridized carbons (Fsp3) is 0.500.